The van der Waals surface area contributed by atoms with Crippen molar-refractivity contribution in [3.8, 4) is 0 Å². The lowest BCUT2D eigenvalue weighted by Gasteiger charge is -2.30. The number of alkyl carbamates (subject to hydrolysis) is 1. The normalized spacial score (nSPS) is 18.2. The van der Waals surface area contributed by atoms with Crippen molar-refractivity contribution in [1.29, 1.82) is 0 Å². The Labute approximate surface area is 197 Å². The molecule has 1 heterocycles. The number of amides is 2. The number of carbonyl (C=O) groups is 3. The van der Waals surface area contributed by atoms with Gasteiger partial charge in [0.1, 0.15) is 5.60 Å². The van der Waals surface area contributed by atoms with E-state index in [1.165, 1.54) is 19.3 Å². The highest BCUT2D eigenvalue weighted by molar-refractivity contribution is 6.38. The number of unbranched alkanes of at least 4 members (excludes halogenated alkanes) is 1. The first-order valence-corrected chi connectivity index (χ1v) is 12.4. The Morgan fingerprint density at radius 3 is 2.55 bits per heavy atom. The number of fused-ring (bicyclic) bond motifs is 1. The van der Waals surface area contributed by atoms with Gasteiger partial charge in [-0.1, -0.05) is 37.5 Å². The van der Waals surface area contributed by atoms with Crippen molar-refractivity contribution in [3.63, 3.8) is 0 Å². The lowest BCUT2D eigenvalue weighted by molar-refractivity contribution is -0.145. The largest absolute Gasteiger partial charge is 0.444 e. The number of nitrogens with zero attached hydrogens (tertiary/aromatic N) is 1. The Morgan fingerprint density at radius 1 is 1.09 bits per heavy atom. The molecule has 1 aromatic rings. The van der Waals surface area contributed by atoms with E-state index in [-0.39, 0.29) is 11.7 Å². The van der Waals surface area contributed by atoms with Gasteiger partial charge in [0.15, 0.2) is 0 Å². The number of hydrogen-bond acceptors (Lipinski definition) is 5. The molecule has 2 aliphatic rings. The maximum atomic E-state index is 13.3. The Kier molecular flexibility index (Phi) is 8.75. The molecule has 33 heavy (non-hydrogen) atoms. The predicted octanol–water partition coefficient (Wildman–Crippen LogP) is 4.48. The molecular weight excluding hydrogens is 418 g/mol. The fourth-order valence-electron chi connectivity index (χ4n) is 4.71. The van der Waals surface area contributed by atoms with Gasteiger partial charge in [-0.05, 0) is 64.0 Å². The minimum absolute atomic E-state index is 0.324. The molecule has 1 unspecified atom stereocenters. The van der Waals surface area contributed by atoms with Gasteiger partial charge in [0.05, 0.1) is 5.92 Å². The molecule has 7 heteroatoms. The topological polar surface area (TPSA) is 87.7 Å². The third-order valence-corrected chi connectivity index (χ3v) is 6.37. The van der Waals surface area contributed by atoms with Crippen LogP contribution in [-0.2, 0) is 14.3 Å². The molecule has 0 radical (unpaired) electrons. The van der Waals surface area contributed by atoms with Crippen molar-refractivity contribution in [3.05, 3.63) is 29.8 Å². The van der Waals surface area contributed by atoms with Crippen molar-refractivity contribution in [2.75, 3.05) is 31.5 Å². The van der Waals surface area contributed by atoms with Crippen LogP contribution in [0.2, 0.25) is 0 Å². The Morgan fingerprint density at radius 2 is 1.82 bits per heavy atom. The number of carbonyl (C=O) groups excluding carboxylic acids is 3. The highest BCUT2D eigenvalue weighted by Gasteiger charge is 2.35. The Hall–Kier alpha value is -2.57. The fourth-order valence-corrected chi connectivity index (χ4v) is 4.71. The number of nitrogens with one attached hydrogen (secondary N) is 2. The molecule has 0 saturated heterocycles. The second kappa shape index (κ2) is 11.5. The monoisotopic (exact) mass is 457 g/mol. The van der Waals surface area contributed by atoms with Gasteiger partial charge in [-0.25, -0.2) is 4.79 Å². The van der Waals surface area contributed by atoms with Crippen LogP contribution < -0.4 is 10.6 Å². The molecule has 1 fully saturated rings. The molecule has 1 saturated carbocycles. The number of ketones is 1. The number of rotatable bonds is 9. The molecule has 182 valence electrons. The molecule has 1 aliphatic carbocycles. The standard InChI is InChI=1S/C26H39N3O4/c1-26(2,3)33-25(32)27-15-9-10-16-29(18-19-11-5-4-6-12-19)24(31)23(30)21-17-28-22-14-8-7-13-20(21)22/h7-8,13-14,19,21,28H,4-6,9-12,15-18H2,1-3H3,(H,27,32). The Balaban J connectivity index is 1.55. The zero-order chi connectivity index (χ0) is 23.8. The molecule has 1 aliphatic heterocycles. The summed E-state index contributed by atoms with van der Waals surface area (Å²) in [6.45, 7) is 7.61. The molecule has 2 amide bonds. The smallest absolute Gasteiger partial charge is 0.407 e. The lowest BCUT2D eigenvalue weighted by Crippen LogP contribution is -2.43. The summed E-state index contributed by atoms with van der Waals surface area (Å²) in [4.78, 5) is 40.1. The average molecular weight is 458 g/mol. The quantitative estimate of drug-likeness (QED) is 0.422. The second-order valence-corrected chi connectivity index (χ2v) is 10.3. The lowest BCUT2D eigenvalue weighted by atomic mass is 9.88. The summed E-state index contributed by atoms with van der Waals surface area (Å²) in [7, 11) is 0. The van der Waals surface area contributed by atoms with Gasteiger partial charge in [-0.15, -0.1) is 0 Å². The first-order chi connectivity index (χ1) is 15.7. The van der Waals surface area contributed by atoms with Crippen LogP contribution in [0, 0.1) is 5.92 Å². The fraction of sp³-hybridized carbons (Fsp3) is 0.654. The van der Waals surface area contributed by atoms with E-state index in [9.17, 15) is 14.4 Å². The van der Waals surface area contributed by atoms with Gasteiger partial charge in [0.2, 0.25) is 5.78 Å². The number of anilines is 1. The van der Waals surface area contributed by atoms with Crippen molar-refractivity contribution in [2.24, 2.45) is 5.92 Å². The van der Waals surface area contributed by atoms with E-state index in [0.717, 1.165) is 36.9 Å². The minimum atomic E-state index is -0.526. The van der Waals surface area contributed by atoms with Gasteiger partial charge >= 0.3 is 6.09 Å². The zero-order valence-corrected chi connectivity index (χ0v) is 20.3. The molecular formula is C26H39N3O4. The van der Waals surface area contributed by atoms with Gasteiger partial charge in [0.25, 0.3) is 5.91 Å². The predicted molar refractivity (Wildman–Crippen MR) is 129 cm³/mol. The number of Topliss-reactive ketones (excluding diaryl/α,β-unsaturated/α-hetero) is 1. The molecule has 2 N–H and O–H groups in total. The molecule has 0 bridgehead atoms. The summed E-state index contributed by atoms with van der Waals surface area (Å²) < 4.78 is 5.26. The third kappa shape index (κ3) is 7.47. The average Bonchev–Trinajstić information content (AvgIpc) is 3.21. The van der Waals surface area contributed by atoms with Crippen LogP contribution in [0.3, 0.4) is 0 Å². The first-order valence-electron chi connectivity index (χ1n) is 12.4. The minimum Gasteiger partial charge on any atom is -0.444 e. The Bertz CT molecular complexity index is 827. The molecule has 1 aromatic carbocycles. The number of hydrogen-bond donors (Lipinski definition) is 2. The molecule has 7 nitrogen and oxygen atoms in total. The maximum Gasteiger partial charge on any atom is 0.407 e. The molecule has 1 atom stereocenters. The van der Waals surface area contributed by atoms with Crippen molar-refractivity contribution >= 4 is 23.5 Å². The molecule has 3 rings (SSSR count). The summed E-state index contributed by atoms with van der Waals surface area (Å²) in [5.74, 6) is -0.653. The van der Waals surface area contributed by atoms with Crippen molar-refractivity contribution < 1.29 is 19.1 Å². The van der Waals surface area contributed by atoms with Crippen molar-refractivity contribution in [2.45, 2.75) is 77.2 Å². The van der Waals surface area contributed by atoms with Crippen molar-refractivity contribution in [1.82, 2.24) is 10.2 Å². The molecule has 0 aromatic heterocycles. The van der Waals surface area contributed by atoms with E-state index in [4.69, 9.17) is 4.74 Å². The maximum absolute atomic E-state index is 13.3. The number of para-hydroxylation sites is 1. The van der Waals surface area contributed by atoms with E-state index in [2.05, 4.69) is 10.6 Å². The van der Waals surface area contributed by atoms with Crippen LogP contribution in [0.4, 0.5) is 10.5 Å². The number of benzene rings is 1. The van der Waals surface area contributed by atoms with E-state index in [1.807, 2.05) is 45.0 Å². The second-order valence-electron chi connectivity index (χ2n) is 10.3. The van der Waals surface area contributed by atoms with E-state index in [0.29, 0.717) is 32.1 Å². The summed E-state index contributed by atoms with van der Waals surface area (Å²) in [5.41, 5.74) is 1.33. The van der Waals surface area contributed by atoms with Crippen LogP contribution >= 0.6 is 0 Å². The van der Waals surface area contributed by atoms with Crippen LogP contribution in [0.25, 0.3) is 0 Å². The van der Waals surface area contributed by atoms with Crippen LogP contribution in [0.1, 0.15) is 77.2 Å². The number of ether oxygens (including phenoxy) is 1. The first kappa shape index (κ1) is 25.1. The van der Waals surface area contributed by atoms with Gasteiger partial charge in [-0.2, -0.15) is 0 Å². The summed E-state index contributed by atoms with van der Waals surface area (Å²) in [5, 5.41) is 6.01. The third-order valence-electron chi connectivity index (χ3n) is 6.37. The summed E-state index contributed by atoms with van der Waals surface area (Å²) in [6, 6.07) is 7.72. The molecule has 0 spiro atoms. The van der Waals surface area contributed by atoms with Crippen LogP contribution in [0.15, 0.2) is 24.3 Å². The zero-order valence-electron chi connectivity index (χ0n) is 20.3. The highest BCUT2D eigenvalue weighted by Crippen LogP contribution is 2.32. The van der Waals surface area contributed by atoms with Gasteiger partial charge in [0, 0.05) is 31.9 Å². The highest BCUT2D eigenvalue weighted by atomic mass is 16.6. The van der Waals surface area contributed by atoms with E-state index in [1.54, 1.807) is 4.90 Å². The van der Waals surface area contributed by atoms with Gasteiger partial charge in [-0.3, -0.25) is 9.59 Å². The van der Waals surface area contributed by atoms with E-state index < -0.39 is 17.6 Å². The summed E-state index contributed by atoms with van der Waals surface area (Å²) >= 11 is 0. The van der Waals surface area contributed by atoms with Crippen LogP contribution in [0.5, 0.6) is 0 Å². The summed E-state index contributed by atoms with van der Waals surface area (Å²) in [6.07, 6.45) is 6.89. The van der Waals surface area contributed by atoms with Crippen LogP contribution in [-0.4, -0.2) is 54.5 Å². The van der Waals surface area contributed by atoms with Gasteiger partial charge < -0.3 is 20.3 Å². The SMILES string of the molecule is CC(C)(C)OC(=O)NCCCCN(CC1CCCCC1)C(=O)C(=O)C1CNc2ccccc21. The van der Waals surface area contributed by atoms with E-state index >= 15 is 0 Å².